The van der Waals surface area contributed by atoms with Crippen LogP contribution in [0.1, 0.15) is 52.1 Å². The molecule has 0 spiro atoms. The van der Waals surface area contributed by atoms with Crippen molar-refractivity contribution in [2.24, 2.45) is 0 Å². The summed E-state index contributed by atoms with van der Waals surface area (Å²) in [4.78, 5) is 28.6. The molecule has 29 heavy (non-hydrogen) atoms. The van der Waals surface area contributed by atoms with Crippen LogP contribution in [0.4, 0.5) is 0 Å². The van der Waals surface area contributed by atoms with Crippen LogP contribution in [0.2, 0.25) is 0 Å². The third kappa shape index (κ3) is 4.21. The fourth-order valence-electron chi connectivity index (χ4n) is 2.74. The van der Waals surface area contributed by atoms with E-state index in [1.807, 2.05) is 6.92 Å². The normalized spacial score (nSPS) is 13.6. The van der Waals surface area contributed by atoms with E-state index in [1.54, 1.807) is 41.1 Å². The highest BCUT2D eigenvalue weighted by molar-refractivity contribution is 5.96. The highest BCUT2D eigenvalue weighted by atomic mass is 16.2. The van der Waals surface area contributed by atoms with Crippen LogP contribution in [0.15, 0.2) is 30.6 Å². The molecule has 2 amide bonds. The maximum Gasteiger partial charge on any atom is 0.274 e. The van der Waals surface area contributed by atoms with Crippen LogP contribution >= 0.6 is 0 Å². The van der Waals surface area contributed by atoms with Gasteiger partial charge in [0.1, 0.15) is 12.0 Å². The van der Waals surface area contributed by atoms with Crippen molar-refractivity contribution in [2.75, 3.05) is 6.54 Å². The van der Waals surface area contributed by atoms with Gasteiger partial charge in [-0.2, -0.15) is 5.10 Å². The molecular weight excluding hydrogens is 372 g/mol. The third-order valence-corrected chi connectivity index (χ3v) is 4.37. The average Bonchev–Trinajstić information content (AvgIpc) is 3.21. The van der Waals surface area contributed by atoms with Gasteiger partial charge in [0, 0.05) is 18.2 Å². The van der Waals surface area contributed by atoms with Gasteiger partial charge in [-0.1, -0.05) is 5.21 Å². The van der Waals surface area contributed by atoms with Gasteiger partial charge < -0.3 is 10.6 Å². The van der Waals surface area contributed by atoms with Crippen LogP contribution in [0.25, 0.3) is 17.8 Å². The number of H-pyrrole nitrogens is 1. The minimum Gasteiger partial charge on any atom is -0.352 e. The SMILES string of the molecule is CCNC(=O)c1ccc(-n2nnc(C(=O)NC3CC3)c2C=Cc2nc[nH]n2)cc1. The van der Waals surface area contributed by atoms with Crippen molar-refractivity contribution < 1.29 is 9.59 Å². The van der Waals surface area contributed by atoms with E-state index in [-0.39, 0.29) is 23.6 Å². The first kappa shape index (κ1) is 18.5. The summed E-state index contributed by atoms with van der Waals surface area (Å²) in [6, 6.07) is 7.12. The molecule has 0 radical (unpaired) electrons. The Morgan fingerprint density at radius 1 is 1.21 bits per heavy atom. The van der Waals surface area contributed by atoms with Crippen molar-refractivity contribution in [2.45, 2.75) is 25.8 Å². The molecule has 0 atom stereocenters. The number of carbonyl (C=O) groups is 2. The zero-order valence-electron chi connectivity index (χ0n) is 15.8. The summed E-state index contributed by atoms with van der Waals surface area (Å²) in [6.45, 7) is 2.42. The van der Waals surface area contributed by atoms with Gasteiger partial charge in [-0.15, -0.1) is 5.10 Å². The predicted octanol–water partition coefficient (Wildman–Crippen LogP) is 1.20. The Kier molecular flexibility index (Phi) is 5.14. The van der Waals surface area contributed by atoms with Crippen LogP contribution in [-0.2, 0) is 0 Å². The Morgan fingerprint density at radius 3 is 2.66 bits per heavy atom. The molecule has 0 bridgehead atoms. The molecule has 10 heteroatoms. The van der Waals surface area contributed by atoms with Gasteiger partial charge >= 0.3 is 0 Å². The number of amides is 2. The molecule has 0 aliphatic heterocycles. The Hall–Kier alpha value is -3.82. The number of hydrogen-bond acceptors (Lipinski definition) is 6. The van der Waals surface area contributed by atoms with Gasteiger partial charge in [0.05, 0.1) is 5.69 Å². The molecule has 2 aromatic heterocycles. The number of aromatic amines is 1. The predicted molar refractivity (Wildman–Crippen MR) is 105 cm³/mol. The Bertz CT molecular complexity index is 1030. The zero-order chi connectivity index (χ0) is 20.2. The Morgan fingerprint density at radius 2 is 2.00 bits per heavy atom. The van der Waals surface area contributed by atoms with Crippen LogP contribution in [-0.4, -0.2) is 54.6 Å². The second-order valence-electron chi connectivity index (χ2n) is 6.58. The summed E-state index contributed by atoms with van der Waals surface area (Å²) >= 11 is 0. The smallest absolute Gasteiger partial charge is 0.274 e. The van der Waals surface area contributed by atoms with Crippen molar-refractivity contribution in [1.82, 2.24) is 40.8 Å². The molecule has 148 valence electrons. The minimum atomic E-state index is -0.271. The molecule has 1 aliphatic rings. The zero-order valence-corrected chi connectivity index (χ0v) is 15.8. The van der Waals surface area contributed by atoms with Crippen molar-refractivity contribution in [3.05, 3.63) is 53.4 Å². The number of nitrogens with zero attached hydrogens (tertiary/aromatic N) is 5. The standard InChI is InChI=1S/C19H20N8O2/c1-2-20-18(28)12-3-7-14(8-4-12)27-15(9-10-16-21-11-22-24-16)17(25-26-27)19(29)23-13-5-6-13/h3-4,7-11,13H,2,5-6H2,1H3,(H,20,28)(H,23,29)(H,21,22,24). The topological polar surface area (TPSA) is 130 Å². The Balaban J connectivity index is 1.67. The molecule has 3 N–H and O–H groups in total. The summed E-state index contributed by atoms with van der Waals surface area (Å²) in [5, 5.41) is 20.5. The van der Waals surface area contributed by atoms with Crippen molar-refractivity contribution >= 4 is 24.0 Å². The van der Waals surface area contributed by atoms with E-state index < -0.39 is 0 Å². The lowest BCUT2D eigenvalue weighted by atomic mass is 10.2. The first-order valence-electron chi connectivity index (χ1n) is 9.34. The fourth-order valence-corrected chi connectivity index (χ4v) is 2.74. The van der Waals surface area contributed by atoms with E-state index in [4.69, 9.17) is 0 Å². The van der Waals surface area contributed by atoms with Crippen molar-refractivity contribution in [3.8, 4) is 5.69 Å². The molecule has 1 saturated carbocycles. The molecule has 1 aromatic carbocycles. The van der Waals surface area contributed by atoms with Crippen molar-refractivity contribution in [3.63, 3.8) is 0 Å². The fraction of sp³-hybridized carbons (Fsp3) is 0.263. The van der Waals surface area contributed by atoms with Crippen molar-refractivity contribution in [1.29, 1.82) is 0 Å². The number of benzene rings is 1. The van der Waals surface area contributed by atoms with E-state index in [0.717, 1.165) is 12.8 Å². The van der Waals surface area contributed by atoms with Gasteiger partial charge in [0.15, 0.2) is 11.5 Å². The number of carbonyl (C=O) groups excluding carboxylic acids is 2. The van der Waals surface area contributed by atoms with Gasteiger partial charge in [-0.3, -0.25) is 14.7 Å². The molecule has 4 rings (SSSR count). The first-order valence-corrected chi connectivity index (χ1v) is 9.34. The van der Waals surface area contributed by atoms with Gasteiger partial charge in [0.2, 0.25) is 0 Å². The van der Waals surface area contributed by atoms with E-state index >= 15 is 0 Å². The quantitative estimate of drug-likeness (QED) is 0.554. The van der Waals surface area contributed by atoms with Crippen LogP contribution in [0.3, 0.4) is 0 Å². The Labute approximate surface area is 166 Å². The largest absolute Gasteiger partial charge is 0.352 e. The number of hydrogen-bond donors (Lipinski definition) is 3. The molecule has 2 heterocycles. The van der Waals surface area contributed by atoms with E-state index in [2.05, 4.69) is 36.1 Å². The maximum atomic E-state index is 12.6. The van der Waals surface area contributed by atoms with Gasteiger partial charge in [-0.05, 0) is 56.2 Å². The number of nitrogens with one attached hydrogen (secondary N) is 3. The number of rotatable bonds is 7. The van der Waals surface area contributed by atoms with Gasteiger partial charge in [0.25, 0.3) is 11.8 Å². The molecule has 0 saturated heterocycles. The summed E-state index contributed by atoms with van der Waals surface area (Å²) < 4.78 is 1.55. The minimum absolute atomic E-state index is 0.146. The molecular formula is C19H20N8O2. The molecule has 0 unspecified atom stereocenters. The highest BCUT2D eigenvalue weighted by Gasteiger charge is 2.27. The average molecular weight is 392 g/mol. The number of aromatic nitrogens is 6. The van der Waals surface area contributed by atoms with Gasteiger partial charge in [-0.25, -0.2) is 9.67 Å². The summed E-state index contributed by atoms with van der Waals surface area (Å²) in [5.74, 6) is 0.0529. The van der Waals surface area contributed by atoms with E-state index in [0.29, 0.717) is 29.3 Å². The lowest BCUT2D eigenvalue weighted by Crippen LogP contribution is -2.26. The summed E-state index contributed by atoms with van der Waals surface area (Å²) in [6.07, 6.45) is 6.79. The highest BCUT2D eigenvalue weighted by Crippen LogP contribution is 2.21. The van der Waals surface area contributed by atoms with Crippen LogP contribution < -0.4 is 10.6 Å². The second kappa shape index (κ2) is 8.05. The lowest BCUT2D eigenvalue weighted by molar-refractivity contribution is 0.0941. The maximum absolute atomic E-state index is 12.6. The molecule has 3 aromatic rings. The van der Waals surface area contributed by atoms with Crippen LogP contribution in [0, 0.1) is 0 Å². The molecule has 1 fully saturated rings. The monoisotopic (exact) mass is 392 g/mol. The third-order valence-electron chi connectivity index (χ3n) is 4.37. The molecule has 1 aliphatic carbocycles. The lowest BCUT2D eigenvalue weighted by Gasteiger charge is -2.07. The summed E-state index contributed by atoms with van der Waals surface area (Å²) in [5.41, 5.74) is 1.93. The second-order valence-corrected chi connectivity index (χ2v) is 6.58. The van der Waals surface area contributed by atoms with E-state index in [9.17, 15) is 9.59 Å². The first-order chi connectivity index (χ1) is 14.2. The summed E-state index contributed by atoms with van der Waals surface area (Å²) in [7, 11) is 0. The van der Waals surface area contributed by atoms with Crippen LogP contribution in [0.5, 0.6) is 0 Å². The molecule has 10 nitrogen and oxygen atoms in total. The van der Waals surface area contributed by atoms with E-state index in [1.165, 1.54) is 6.33 Å².